The third kappa shape index (κ3) is 3.77. The van der Waals surface area contributed by atoms with Crippen LogP contribution in [0.1, 0.15) is 10.4 Å². The number of carbonyl (C=O) groups is 1. The molecule has 0 fully saturated rings. The number of aromatic nitrogens is 3. The van der Waals surface area contributed by atoms with Crippen LogP contribution in [-0.2, 0) is 0 Å². The highest BCUT2D eigenvalue weighted by atomic mass is 35.5. The number of nitrogens with zero attached hydrogens (tertiary/aromatic N) is 4. The van der Waals surface area contributed by atoms with Crippen LogP contribution in [0.25, 0.3) is 16.2 Å². The number of hydrogen-bond donors (Lipinski definition) is 1. The zero-order valence-corrected chi connectivity index (χ0v) is 17.2. The van der Waals surface area contributed by atoms with E-state index in [-0.39, 0.29) is 22.2 Å². The van der Waals surface area contributed by atoms with Gasteiger partial charge in [0.1, 0.15) is 0 Å². The van der Waals surface area contributed by atoms with Crippen LogP contribution in [0.2, 0.25) is 15.1 Å². The molecule has 2 heterocycles. The Morgan fingerprint density at radius 1 is 1.14 bits per heavy atom. The molecule has 0 saturated heterocycles. The Bertz CT molecular complexity index is 1290. The summed E-state index contributed by atoms with van der Waals surface area (Å²) in [5.74, 6) is -0.640. The molecule has 4 rings (SSSR count). The first-order valence-corrected chi connectivity index (χ1v) is 9.90. The summed E-state index contributed by atoms with van der Waals surface area (Å²) in [6.45, 7) is 0. The summed E-state index contributed by atoms with van der Waals surface area (Å²) in [5, 5.41) is 20.6. The number of benzene rings is 2. The number of halogens is 3. The lowest BCUT2D eigenvalue weighted by Crippen LogP contribution is -2.14. The van der Waals surface area contributed by atoms with Gasteiger partial charge in [-0.3, -0.25) is 20.2 Å². The van der Waals surface area contributed by atoms with Crippen LogP contribution in [-0.4, -0.2) is 25.4 Å². The van der Waals surface area contributed by atoms with E-state index in [0.717, 1.165) is 6.07 Å². The smallest absolute Gasteiger partial charge is 0.270 e. The van der Waals surface area contributed by atoms with E-state index < -0.39 is 10.8 Å². The van der Waals surface area contributed by atoms with Crippen molar-refractivity contribution in [1.29, 1.82) is 0 Å². The van der Waals surface area contributed by atoms with E-state index in [2.05, 4.69) is 15.4 Å². The largest absolute Gasteiger partial charge is 0.289 e. The molecule has 0 aliphatic heterocycles. The fourth-order valence-corrected chi connectivity index (χ4v) is 4.12. The van der Waals surface area contributed by atoms with Gasteiger partial charge in [-0.05, 0) is 24.3 Å². The summed E-state index contributed by atoms with van der Waals surface area (Å²) in [6.07, 6.45) is 0. The molecule has 0 spiro atoms. The fourth-order valence-electron chi connectivity index (χ4n) is 2.59. The van der Waals surface area contributed by atoms with Crippen molar-refractivity contribution in [3.05, 3.63) is 72.5 Å². The molecule has 0 radical (unpaired) electrons. The first-order chi connectivity index (χ1) is 13.8. The third-order valence-corrected chi connectivity index (χ3v) is 5.61. The second-order valence-corrected chi connectivity index (χ2v) is 7.84. The van der Waals surface area contributed by atoms with Crippen LogP contribution >= 0.6 is 46.1 Å². The normalized spacial score (nSPS) is 11.0. The average Bonchev–Trinajstić information content (AvgIpc) is 3.22. The van der Waals surface area contributed by atoms with Crippen molar-refractivity contribution in [2.75, 3.05) is 5.32 Å². The number of nitrogens with one attached hydrogen (secondary N) is 1. The van der Waals surface area contributed by atoms with Gasteiger partial charge in [0.05, 0.1) is 26.2 Å². The number of rotatable bonds is 4. The molecule has 4 aromatic rings. The van der Waals surface area contributed by atoms with Crippen molar-refractivity contribution in [3.63, 3.8) is 0 Å². The van der Waals surface area contributed by atoms with E-state index in [4.69, 9.17) is 34.8 Å². The van der Waals surface area contributed by atoms with Crippen LogP contribution in [0, 0.1) is 10.1 Å². The Morgan fingerprint density at radius 2 is 1.93 bits per heavy atom. The second kappa shape index (κ2) is 7.60. The summed E-state index contributed by atoms with van der Waals surface area (Å²) in [4.78, 5) is 27.6. The van der Waals surface area contributed by atoms with Gasteiger partial charge in [-0.25, -0.2) is 4.52 Å². The molecule has 0 unspecified atom stereocenters. The third-order valence-electron chi connectivity index (χ3n) is 3.92. The van der Waals surface area contributed by atoms with Crippen molar-refractivity contribution in [2.45, 2.75) is 0 Å². The monoisotopic (exact) mass is 467 g/mol. The maximum absolute atomic E-state index is 12.5. The van der Waals surface area contributed by atoms with Gasteiger partial charge in [0, 0.05) is 28.1 Å². The number of nitro benzene ring substituents is 1. The van der Waals surface area contributed by atoms with Crippen LogP contribution in [0.5, 0.6) is 0 Å². The quantitative estimate of drug-likeness (QED) is 0.311. The lowest BCUT2D eigenvalue weighted by molar-refractivity contribution is -0.384. The maximum atomic E-state index is 12.5. The van der Waals surface area contributed by atoms with E-state index in [9.17, 15) is 14.9 Å². The summed E-state index contributed by atoms with van der Waals surface area (Å²) in [5.41, 5.74) is 1.07. The van der Waals surface area contributed by atoms with Crippen LogP contribution in [0.15, 0.2) is 41.8 Å². The summed E-state index contributed by atoms with van der Waals surface area (Å²) < 4.78 is 1.53. The topological polar surface area (TPSA) is 102 Å². The minimum absolute atomic E-state index is 0.0239. The van der Waals surface area contributed by atoms with Crippen molar-refractivity contribution < 1.29 is 9.72 Å². The molecule has 2 aromatic heterocycles. The number of fused-ring (bicyclic) bond motifs is 1. The van der Waals surface area contributed by atoms with E-state index in [1.54, 1.807) is 18.2 Å². The SMILES string of the molecule is O=C(Nc1nc2scc(-c3ccc(Cl)cc3Cl)n2n1)c1cc([N+](=O)[O-])ccc1Cl. The van der Waals surface area contributed by atoms with E-state index in [1.807, 2.05) is 5.38 Å². The average molecular weight is 469 g/mol. The molecular weight excluding hydrogens is 461 g/mol. The molecule has 8 nitrogen and oxygen atoms in total. The number of anilines is 1. The standard InChI is InChI=1S/C17H8Cl3N5O3S/c18-8-1-3-10(13(20)5-8)14-7-29-17-22-16(23-24(14)17)21-15(26)11-6-9(25(27)28)2-4-12(11)19/h1-7H,(H,21,23,26). The Kier molecular flexibility index (Phi) is 5.13. The predicted octanol–water partition coefficient (Wildman–Crippen LogP) is 5.58. The molecule has 2 aromatic carbocycles. The molecule has 0 saturated carbocycles. The molecule has 1 amide bonds. The van der Waals surface area contributed by atoms with Gasteiger partial charge in [0.2, 0.25) is 4.96 Å². The molecule has 146 valence electrons. The number of amides is 1. The number of nitro groups is 1. The molecule has 29 heavy (non-hydrogen) atoms. The van der Waals surface area contributed by atoms with Crippen LogP contribution in [0.3, 0.4) is 0 Å². The van der Waals surface area contributed by atoms with Gasteiger partial charge >= 0.3 is 0 Å². The number of non-ortho nitro benzene ring substituents is 1. The van der Waals surface area contributed by atoms with Crippen LogP contribution in [0.4, 0.5) is 11.6 Å². The van der Waals surface area contributed by atoms with E-state index in [1.165, 1.54) is 28.0 Å². The first kappa shape index (κ1) is 19.6. The van der Waals surface area contributed by atoms with Gasteiger partial charge < -0.3 is 0 Å². The molecule has 12 heteroatoms. The number of hydrogen-bond acceptors (Lipinski definition) is 6. The first-order valence-electron chi connectivity index (χ1n) is 7.88. The second-order valence-electron chi connectivity index (χ2n) is 5.75. The summed E-state index contributed by atoms with van der Waals surface area (Å²) in [7, 11) is 0. The predicted molar refractivity (Wildman–Crippen MR) is 112 cm³/mol. The highest BCUT2D eigenvalue weighted by molar-refractivity contribution is 7.15. The van der Waals surface area contributed by atoms with Crippen LogP contribution < -0.4 is 5.32 Å². The molecule has 0 aliphatic rings. The van der Waals surface area contributed by atoms with Gasteiger partial charge in [0.25, 0.3) is 17.5 Å². The highest BCUT2D eigenvalue weighted by Crippen LogP contribution is 2.33. The van der Waals surface area contributed by atoms with Gasteiger partial charge in [-0.1, -0.05) is 34.8 Å². The number of carbonyl (C=O) groups excluding carboxylic acids is 1. The summed E-state index contributed by atoms with van der Waals surface area (Å²) in [6, 6.07) is 8.67. The van der Waals surface area contributed by atoms with Crippen molar-refractivity contribution in [3.8, 4) is 11.3 Å². The van der Waals surface area contributed by atoms with Crippen molar-refractivity contribution >= 4 is 68.6 Å². The van der Waals surface area contributed by atoms with E-state index >= 15 is 0 Å². The van der Waals surface area contributed by atoms with Gasteiger partial charge in [-0.15, -0.1) is 16.4 Å². The zero-order chi connectivity index (χ0) is 20.7. The molecule has 0 bridgehead atoms. The van der Waals surface area contributed by atoms with Gasteiger partial charge in [0.15, 0.2) is 0 Å². The minimum atomic E-state index is -0.664. The Labute approximate surface area is 181 Å². The lowest BCUT2D eigenvalue weighted by Gasteiger charge is -2.04. The van der Waals surface area contributed by atoms with Crippen molar-refractivity contribution in [1.82, 2.24) is 14.6 Å². The molecule has 0 aliphatic carbocycles. The highest BCUT2D eigenvalue weighted by Gasteiger charge is 2.19. The minimum Gasteiger partial charge on any atom is -0.289 e. The van der Waals surface area contributed by atoms with E-state index in [0.29, 0.717) is 26.3 Å². The Balaban J connectivity index is 1.66. The Hall–Kier alpha value is -2.72. The number of thiazole rings is 1. The van der Waals surface area contributed by atoms with Crippen molar-refractivity contribution in [2.24, 2.45) is 0 Å². The Morgan fingerprint density at radius 3 is 2.66 bits per heavy atom. The molecule has 1 N–H and O–H groups in total. The molecule has 0 atom stereocenters. The maximum Gasteiger partial charge on any atom is 0.270 e. The lowest BCUT2D eigenvalue weighted by atomic mass is 10.2. The molecular formula is C17H8Cl3N5O3S. The van der Waals surface area contributed by atoms with Gasteiger partial charge in [-0.2, -0.15) is 4.98 Å². The zero-order valence-electron chi connectivity index (χ0n) is 14.1. The fraction of sp³-hybridized carbons (Fsp3) is 0. The summed E-state index contributed by atoms with van der Waals surface area (Å²) >= 11 is 19.5.